The summed E-state index contributed by atoms with van der Waals surface area (Å²) in [6.45, 7) is 0.493. The third-order valence-corrected chi connectivity index (χ3v) is 5.65. The molecule has 0 spiro atoms. The first-order valence-electron chi connectivity index (χ1n) is 11.1. The van der Waals surface area contributed by atoms with Crippen molar-refractivity contribution in [1.82, 2.24) is 20.3 Å². The molecule has 0 atom stereocenters. The number of hydrogen-bond donors (Lipinski definition) is 3. The number of amides is 2. The third kappa shape index (κ3) is 4.68. The van der Waals surface area contributed by atoms with Crippen molar-refractivity contribution in [3.63, 3.8) is 0 Å². The van der Waals surface area contributed by atoms with Crippen molar-refractivity contribution in [3.05, 3.63) is 83.9 Å². The van der Waals surface area contributed by atoms with Gasteiger partial charge in [0.15, 0.2) is 0 Å². The second kappa shape index (κ2) is 9.22. The zero-order chi connectivity index (χ0) is 23.5. The van der Waals surface area contributed by atoms with Crippen molar-refractivity contribution < 1.29 is 19.2 Å². The maximum absolute atomic E-state index is 12.9. The number of aromatic hydroxyl groups is 1. The SMILES string of the molecule is O=C(Nc1ccc(-c2cc(C3CC3)n(C(=O)NCCc3ccccc3)n2)c(O)c1)c1ccno1. The molecular weight excluding hydrogens is 434 g/mol. The smallest absolute Gasteiger partial charge is 0.342 e. The fourth-order valence-corrected chi connectivity index (χ4v) is 3.74. The van der Waals surface area contributed by atoms with Gasteiger partial charge >= 0.3 is 6.03 Å². The van der Waals surface area contributed by atoms with Gasteiger partial charge in [-0.25, -0.2) is 4.79 Å². The number of carbonyl (C=O) groups excluding carboxylic acids is 2. The predicted octanol–water partition coefficient (Wildman–Crippen LogP) is 4.17. The molecule has 1 aliphatic rings. The highest BCUT2D eigenvalue weighted by Gasteiger charge is 2.30. The van der Waals surface area contributed by atoms with Crippen LogP contribution in [0.5, 0.6) is 5.75 Å². The molecule has 2 heterocycles. The average molecular weight is 457 g/mol. The van der Waals surface area contributed by atoms with Gasteiger partial charge in [-0.3, -0.25) is 4.79 Å². The van der Waals surface area contributed by atoms with E-state index in [0.29, 0.717) is 23.5 Å². The molecule has 0 unspecified atom stereocenters. The predicted molar refractivity (Wildman–Crippen MR) is 125 cm³/mol. The largest absolute Gasteiger partial charge is 0.507 e. The van der Waals surface area contributed by atoms with Gasteiger partial charge in [0.25, 0.3) is 5.91 Å². The quantitative estimate of drug-likeness (QED) is 0.383. The summed E-state index contributed by atoms with van der Waals surface area (Å²) >= 11 is 0. The van der Waals surface area contributed by atoms with Crippen molar-refractivity contribution in [2.45, 2.75) is 25.2 Å². The number of aromatic nitrogens is 3. The number of hydrogen-bond acceptors (Lipinski definition) is 6. The zero-order valence-corrected chi connectivity index (χ0v) is 18.3. The fraction of sp³-hybridized carbons (Fsp3) is 0.200. The Labute approximate surface area is 195 Å². The first-order valence-corrected chi connectivity index (χ1v) is 11.1. The number of carbonyl (C=O) groups is 2. The standard InChI is InChI=1S/C25H23N5O4/c31-22-14-18(28-24(32)23-11-13-27-34-23)8-9-19(22)20-15-21(17-6-7-17)30(29-20)25(33)26-12-10-16-4-2-1-3-5-16/h1-5,8-9,11,13-15,17,31H,6-7,10,12H2,(H,26,33)(H,28,32). The molecule has 172 valence electrons. The third-order valence-electron chi connectivity index (χ3n) is 5.65. The highest BCUT2D eigenvalue weighted by Crippen LogP contribution is 2.42. The summed E-state index contributed by atoms with van der Waals surface area (Å²) in [6.07, 6.45) is 4.10. The first-order chi connectivity index (χ1) is 16.6. The molecule has 9 heteroatoms. The Morgan fingerprint density at radius 2 is 1.91 bits per heavy atom. The fourth-order valence-electron chi connectivity index (χ4n) is 3.74. The molecule has 1 fully saturated rings. The maximum Gasteiger partial charge on any atom is 0.342 e. The second-order valence-corrected chi connectivity index (χ2v) is 8.17. The van der Waals surface area contributed by atoms with Crippen molar-refractivity contribution in [2.24, 2.45) is 0 Å². The highest BCUT2D eigenvalue weighted by molar-refractivity contribution is 6.02. The van der Waals surface area contributed by atoms with E-state index in [2.05, 4.69) is 20.9 Å². The number of nitrogens with one attached hydrogen (secondary N) is 2. The van der Waals surface area contributed by atoms with E-state index in [1.165, 1.54) is 23.0 Å². The van der Waals surface area contributed by atoms with Gasteiger partial charge < -0.3 is 20.3 Å². The van der Waals surface area contributed by atoms with E-state index in [1.807, 2.05) is 36.4 Å². The lowest BCUT2D eigenvalue weighted by Crippen LogP contribution is -2.32. The average Bonchev–Trinajstić information content (AvgIpc) is 3.34. The Balaban J connectivity index is 1.31. The zero-order valence-electron chi connectivity index (χ0n) is 18.3. The Kier molecular flexibility index (Phi) is 5.82. The van der Waals surface area contributed by atoms with Crippen LogP contribution in [0.1, 0.15) is 40.6 Å². The van der Waals surface area contributed by atoms with E-state index in [4.69, 9.17) is 4.52 Å². The molecule has 34 heavy (non-hydrogen) atoms. The summed E-state index contributed by atoms with van der Waals surface area (Å²) in [5.41, 5.74) is 3.32. The van der Waals surface area contributed by atoms with Crippen LogP contribution in [0.3, 0.4) is 0 Å². The molecule has 9 nitrogen and oxygen atoms in total. The molecule has 0 saturated heterocycles. The topological polar surface area (TPSA) is 122 Å². The lowest BCUT2D eigenvalue weighted by Gasteiger charge is -2.08. The number of benzene rings is 2. The molecule has 2 aromatic carbocycles. The van der Waals surface area contributed by atoms with Gasteiger partial charge in [-0.2, -0.15) is 9.78 Å². The Morgan fingerprint density at radius 3 is 2.62 bits per heavy atom. The van der Waals surface area contributed by atoms with Crippen molar-refractivity contribution in [2.75, 3.05) is 11.9 Å². The minimum absolute atomic E-state index is 0.0631. The minimum atomic E-state index is -0.475. The van der Waals surface area contributed by atoms with Gasteiger partial charge in [-0.15, -0.1) is 0 Å². The van der Waals surface area contributed by atoms with Gasteiger partial charge in [-0.1, -0.05) is 35.5 Å². The lowest BCUT2D eigenvalue weighted by molar-refractivity contribution is 0.0988. The molecule has 1 aliphatic carbocycles. The minimum Gasteiger partial charge on any atom is -0.507 e. The van der Waals surface area contributed by atoms with E-state index >= 15 is 0 Å². The van der Waals surface area contributed by atoms with E-state index in [9.17, 15) is 14.7 Å². The van der Waals surface area contributed by atoms with Crippen LogP contribution >= 0.6 is 0 Å². The Morgan fingerprint density at radius 1 is 1.09 bits per heavy atom. The summed E-state index contributed by atoms with van der Waals surface area (Å²) in [4.78, 5) is 25.0. The van der Waals surface area contributed by atoms with Crippen molar-refractivity contribution in [1.29, 1.82) is 0 Å². The van der Waals surface area contributed by atoms with Gasteiger partial charge in [-0.05, 0) is 43.0 Å². The molecule has 2 amide bonds. The van der Waals surface area contributed by atoms with Gasteiger partial charge in [0.05, 0.1) is 17.6 Å². The van der Waals surface area contributed by atoms with Gasteiger partial charge in [0.1, 0.15) is 5.75 Å². The number of nitrogens with zero attached hydrogens (tertiary/aromatic N) is 3. The molecule has 0 radical (unpaired) electrons. The van der Waals surface area contributed by atoms with Crippen molar-refractivity contribution in [3.8, 4) is 17.0 Å². The monoisotopic (exact) mass is 457 g/mol. The molecule has 3 N–H and O–H groups in total. The van der Waals surface area contributed by atoms with Crippen LogP contribution in [0.15, 0.2) is 71.4 Å². The Hall–Kier alpha value is -4.40. The molecular formula is C25H23N5O4. The van der Waals surface area contributed by atoms with Gasteiger partial charge in [0.2, 0.25) is 5.76 Å². The molecule has 0 aliphatic heterocycles. The van der Waals surface area contributed by atoms with Crippen LogP contribution in [-0.2, 0) is 6.42 Å². The van der Waals surface area contributed by atoms with Crippen LogP contribution in [0.2, 0.25) is 0 Å². The Bertz CT molecular complexity index is 1310. The lowest BCUT2D eigenvalue weighted by atomic mass is 10.1. The molecule has 4 aromatic rings. The number of phenols is 1. The van der Waals surface area contributed by atoms with Crippen LogP contribution < -0.4 is 10.6 Å². The second-order valence-electron chi connectivity index (χ2n) is 8.17. The van der Waals surface area contributed by atoms with Gasteiger partial charge in [0, 0.05) is 35.8 Å². The van der Waals surface area contributed by atoms with Crippen LogP contribution in [0, 0.1) is 0 Å². The first kappa shape index (κ1) is 21.4. The van der Waals surface area contributed by atoms with E-state index < -0.39 is 5.91 Å². The summed E-state index contributed by atoms with van der Waals surface area (Å²) in [5, 5.41) is 24.2. The normalized spacial score (nSPS) is 12.9. The number of anilines is 1. The molecule has 5 rings (SSSR count). The van der Waals surface area contributed by atoms with E-state index in [0.717, 1.165) is 30.5 Å². The van der Waals surface area contributed by atoms with Crippen LogP contribution in [0.25, 0.3) is 11.3 Å². The summed E-state index contributed by atoms with van der Waals surface area (Å²) in [6, 6.07) is 17.7. The number of rotatable bonds is 7. The van der Waals surface area contributed by atoms with E-state index in [1.54, 1.807) is 12.1 Å². The van der Waals surface area contributed by atoms with Crippen LogP contribution in [0.4, 0.5) is 10.5 Å². The summed E-state index contributed by atoms with van der Waals surface area (Å²) in [7, 11) is 0. The van der Waals surface area contributed by atoms with Crippen molar-refractivity contribution >= 4 is 17.6 Å². The summed E-state index contributed by atoms with van der Waals surface area (Å²) in [5.74, 6) is -0.192. The molecule has 2 aromatic heterocycles. The molecule has 1 saturated carbocycles. The number of phenolic OH excluding ortho intramolecular Hbond substituents is 1. The highest BCUT2D eigenvalue weighted by atomic mass is 16.5. The summed E-state index contributed by atoms with van der Waals surface area (Å²) < 4.78 is 6.24. The van der Waals surface area contributed by atoms with E-state index in [-0.39, 0.29) is 23.5 Å². The maximum atomic E-state index is 12.9. The molecule has 0 bridgehead atoms. The van der Waals surface area contributed by atoms with Crippen LogP contribution in [-0.4, -0.2) is 38.5 Å².